The van der Waals surface area contributed by atoms with E-state index >= 15 is 0 Å². The molecule has 1 N–H and O–H groups in total. The van der Waals surface area contributed by atoms with Crippen molar-refractivity contribution in [3.05, 3.63) is 23.8 Å². The van der Waals surface area contributed by atoms with Crippen molar-refractivity contribution in [1.82, 2.24) is 4.98 Å². The van der Waals surface area contributed by atoms with Crippen LogP contribution < -0.4 is 4.74 Å². The van der Waals surface area contributed by atoms with Gasteiger partial charge >= 0.3 is 0 Å². The minimum absolute atomic E-state index is 0.0645. The monoisotopic (exact) mass is 197 g/mol. The molecule has 14 heavy (non-hydrogen) atoms. The summed E-state index contributed by atoms with van der Waals surface area (Å²) in [6.45, 7) is 0. The van der Waals surface area contributed by atoms with Gasteiger partial charge in [-0.1, -0.05) is 0 Å². The van der Waals surface area contributed by atoms with Gasteiger partial charge in [-0.25, -0.2) is 4.98 Å². The molecule has 0 saturated heterocycles. The zero-order valence-corrected chi connectivity index (χ0v) is 7.96. The quantitative estimate of drug-likeness (QED) is 0.732. The van der Waals surface area contributed by atoms with Gasteiger partial charge in [-0.05, 0) is 25.3 Å². The van der Waals surface area contributed by atoms with Crippen LogP contribution in [-0.2, 0) is 5.60 Å². The van der Waals surface area contributed by atoms with Crippen LogP contribution in [0.4, 0.5) is 4.39 Å². The summed E-state index contributed by atoms with van der Waals surface area (Å²) in [6.07, 6.45) is 3.63. The molecule has 1 aliphatic rings. The second-order valence-electron chi connectivity index (χ2n) is 3.57. The van der Waals surface area contributed by atoms with Crippen molar-refractivity contribution in [2.75, 3.05) is 7.11 Å². The van der Waals surface area contributed by atoms with Gasteiger partial charge in [0.25, 0.3) is 5.95 Å². The molecule has 0 aliphatic heterocycles. The highest BCUT2D eigenvalue weighted by molar-refractivity contribution is 5.37. The molecule has 1 saturated carbocycles. The Kier molecular flexibility index (Phi) is 2.15. The topological polar surface area (TPSA) is 42.4 Å². The molecule has 1 aliphatic carbocycles. The molecule has 0 spiro atoms. The summed E-state index contributed by atoms with van der Waals surface area (Å²) in [5, 5.41) is 10.0. The van der Waals surface area contributed by atoms with Crippen molar-refractivity contribution < 1.29 is 14.2 Å². The Morgan fingerprint density at radius 1 is 1.57 bits per heavy atom. The van der Waals surface area contributed by atoms with Crippen LogP contribution in [0, 0.1) is 5.95 Å². The molecule has 3 nitrogen and oxygen atoms in total. The Bertz CT molecular complexity index is 350. The standard InChI is InChI=1S/C10H12FNO2/c1-14-8-7(3-6-12-9(8)11)10(13)4-2-5-10/h3,6,13H,2,4-5H2,1H3. The number of halogens is 1. The first kappa shape index (κ1) is 9.40. The molecule has 0 atom stereocenters. The van der Waals surface area contributed by atoms with E-state index in [-0.39, 0.29) is 5.75 Å². The molecule has 76 valence electrons. The number of ether oxygens (including phenoxy) is 1. The van der Waals surface area contributed by atoms with Crippen LogP contribution >= 0.6 is 0 Å². The van der Waals surface area contributed by atoms with Crippen LogP contribution in [-0.4, -0.2) is 17.2 Å². The maximum Gasteiger partial charge on any atom is 0.255 e. The lowest BCUT2D eigenvalue weighted by Crippen LogP contribution is -2.34. The molecule has 1 fully saturated rings. The zero-order chi connectivity index (χ0) is 10.2. The molecular weight excluding hydrogens is 185 g/mol. The van der Waals surface area contributed by atoms with Gasteiger partial charge in [0, 0.05) is 11.8 Å². The summed E-state index contributed by atoms with van der Waals surface area (Å²) in [7, 11) is 1.38. The van der Waals surface area contributed by atoms with Gasteiger partial charge < -0.3 is 9.84 Å². The molecule has 1 aromatic rings. The summed E-state index contributed by atoms with van der Waals surface area (Å²) in [5.74, 6) is -0.597. The highest BCUT2D eigenvalue weighted by atomic mass is 19.1. The Balaban J connectivity index is 2.46. The molecule has 0 unspecified atom stereocenters. The molecule has 1 aromatic heterocycles. The third-order valence-electron chi connectivity index (χ3n) is 2.75. The predicted octanol–water partition coefficient (Wildman–Crippen LogP) is 1.60. The predicted molar refractivity (Wildman–Crippen MR) is 48.5 cm³/mol. The number of rotatable bonds is 2. The van der Waals surface area contributed by atoms with Crippen LogP contribution in [0.2, 0.25) is 0 Å². The second kappa shape index (κ2) is 3.20. The van der Waals surface area contributed by atoms with E-state index in [1.165, 1.54) is 13.3 Å². The second-order valence-corrected chi connectivity index (χ2v) is 3.57. The minimum atomic E-state index is -0.908. The number of aliphatic hydroxyl groups is 1. The summed E-state index contributed by atoms with van der Waals surface area (Å²) in [4.78, 5) is 3.48. The average Bonchev–Trinajstić information content (AvgIpc) is 2.14. The number of methoxy groups -OCH3 is 1. The van der Waals surface area contributed by atoms with E-state index in [9.17, 15) is 9.50 Å². The fourth-order valence-corrected chi connectivity index (χ4v) is 1.76. The summed E-state index contributed by atoms with van der Waals surface area (Å²) < 4.78 is 18.1. The Morgan fingerprint density at radius 3 is 2.79 bits per heavy atom. The van der Waals surface area contributed by atoms with E-state index in [4.69, 9.17) is 4.74 Å². The fraction of sp³-hybridized carbons (Fsp3) is 0.500. The molecular formula is C10H12FNO2. The smallest absolute Gasteiger partial charge is 0.255 e. The number of nitrogens with zero attached hydrogens (tertiary/aromatic N) is 1. The van der Waals surface area contributed by atoms with Crippen LogP contribution in [0.5, 0.6) is 5.75 Å². The normalized spacial score (nSPS) is 18.8. The average molecular weight is 197 g/mol. The summed E-state index contributed by atoms with van der Waals surface area (Å²) in [6, 6.07) is 1.61. The van der Waals surface area contributed by atoms with Gasteiger partial charge in [0.15, 0.2) is 5.75 Å². The highest BCUT2D eigenvalue weighted by Gasteiger charge is 2.39. The van der Waals surface area contributed by atoms with Gasteiger partial charge in [-0.15, -0.1) is 0 Å². The van der Waals surface area contributed by atoms with Crippen LogP contribution in [0.1, 0.15) is 24.8 Å². The van der Waals surface area contributed by atoms with Crippen LogP contribution in [0.25, 0.3) is 0 Å². The third-order valence-corrected chi connectivity index (χ3v) is 2.75. The maximum atomic E-state index is 13.2. The Hall–Kier alpha value is -1.16. The number of pyridine rings is 1. The first-order valence-electron chi connectivity index (χ1n) is 4.59. The van der Waals surface area contributed by atoms with Crippen molar-refractivity contribution in [1.29, 1.82) is 0 Å². The van der Waals surface area contributed by atoms with Gasteiger partial charge in [0.2, 0.25) is 0 Å². The summed E-state index contributed by atoms with van der Waals surface area (Å²) >= 11 is 0. The first-order valence-corrected chi connectivity index (χ1v) is 4.59. The molecule has 2 rings (SSSR count). The number of aromatic nitrogens is 1. The van der Waals surface area contributed by atoms with Crippen LogP contribution in [0.15, 0.2) is 12.3 Å². The van der Waals surface area contributed by atoms with Gasteiger partial charge in [-0.3, -0.25) is 0 Å². The van der Waals surface area contributed by atoms with E-state index in [2.05, 4.69) is 4.98 Å². The van der Waals surface area contributed by atoms with E-state index in [1.807, 2.05) is 0 Å². The van der Waals surface area contributed by atoms with E-state index in [0.29, 0.717) is 18.4 Å². The van der Waals surface area contributed by atoms with Crippen molar-refractivity contribution in [2.24, 2.45) is 0 Å². The molecule has 4 heteroatoms. The number of hydrogen-bond acceptors (Lipinski definition) is 3. The minimum Gasteiger partial charge on any atom is -0.492 e. The Labute approximate surface area is 81.5 Å². The van der Waals surface area contributed by atoms with Gasteiger partial charge in [0.1, 0.15) is 0 Å². The van der Waals surface area contributed by atoms with Crippen molar-refractivity contribution >= 4 is 0 Å². The molecule has 0 aromatic carbocycles. The Morgan fingerprint density at radius 2 is 2.29 bits per heavy atom. The number of hydrogen-bond donors (Lipinski definition) is 1. The zero-order valence-electron chi connectivity index (χ0n) is 7.96. The molecule has 0 bridgehead atoms. The van der Waals surface area contributed by atoms with Gasteiger partial charge in [0.05, 0.1) is 12.7 Å². The van der Waals surface area contributed by atoms with Gasteiger partial charge in [-0.2, -0.15) is 4.39 Å². The fourth-order valence-electron chi connectivity index (χ4n) is 1.76. The van der Waals surface area contributed by atoms with Crippen molar-refractivity contribution in [3.63, 3.8) is 0 Å². The first-order chi connectivity index (χ1) is 6.67. The summed E-state index contributed by atoms with van der Waals surface area (Å²) in [5.41, 5.74) is -0.395. The van der Waals surface area contributed by atoms with Crippen LogP contribution in [0.3, 0.4) is 0 Å². The molecule has 0 radical (unpaired) electrons. The maximum absolute atomic E-state index is 13.2. The lowest BCUT2D eigenvalue weighted by molar-refractivity contribution is -0.0409. The van der Waals surface area contributed by atoms with E-state index in [0.717, 1.165) is 6.42 Å². The lowest BCUT2D eigenvalue weighted by Gasteiger charge is -2.37. The largest absolute Gasteiger partial charge is 0.492 e. The molecule has 1 heterocycles. The van der Waals surface area contributed by atoms with Crippen molar-refractivity contribution in [3.8, 4) is 5.75 Å². The SMILES string of the molecule is COc1c(C2(O)CCC2)ccnc1F. The van der Waals surface area contributed by atoms with Crippen molar-refractivity contribution in [2.45, 2.75) is 24.9 Å². The van der Waals surface area contributed by atoms with E-state index < -0.39 is 11.5 Å². The lowest BCUT2D eigenvalue weighted by atomic mass is 9.75. The molecule has 0 amide bonds. The van der Waals surface area contributed by atoms with E-state index in [1.54, 1.807) is 6.07 Å². The third kappa shape index (κ3) is 1.26. The highest BCUT2D eigenvalue weighted by Crippen LogP contribution is 2.44.